The number of aromatic nitrogens is 1. The van der Waals surface area contributed by atoms with Crippen molar-refractivity contribution in [3.05, 3.63) is 52.9 Å². The third-order valence-corrected chi connectivity index (χ3v) is 6.31. The van der Waals surface area contributed by atoms with Crippen LogP contribution in [-0.2, 0) is 4.79 Å². The van der Waals surface area contributed by atoms with Crippen LogP contribution in [0.4, 0.5) is 0 Å². The first kappa shape index (κ1) is 21.1. The van der Waals surface area contributed by atoms with Gasteiger partial charge in [0.1, 0.15) is 10.8 Å². The van der Waals surface area contributed by atoms with E-state index in [0.717, 1.165) is 52.7 Å². The van der Waals surface area contributed by atoms with E-state index < -0.39 is 5.91 Å². The normalized spacial score (nSPS) is 17.2. The zero-order valence-corrected chi connectivity index (χ0v) is 18.9. The monoisotopic (exact) mass is 435 g/mol. The van der Waals surface area contributed by atoms with Crippen molar-refractivity contribution in [3.8, 4) is 11.4 Å². The number of hydrogen-bond donors (Lipinski definition) is 1. The number of rotatable bonds is 6. The van der Waals surface area contributed by atoms with Crippen LogP contribution in [0.25, 0.3) is 11.8 Å². The van der Waals surface area contributed by atoms with Crippen molar-refractivity contribution in [2.45, 2.75) is 40.0 Å². The second-order valence-electron chi connectivity index (χ2n) is 7.48. The summed E-state index contributed by atoms with van der Waals surface area (Å²) in [6.07, 6.45) is 4.67. The second-order valence-corrected chi connectivity index (χ2v) is 8.52. The Hall–Kier alpha value is -3.13. The number of carbonyl (C=O) groups is 1. The quantitative estimate of drug-likeness (QED) is 0.654. The Kier molecular flexibility index (Phi) is 5.82. The molecule has 0 fully saturated rings. The van der Waals surface area contributed by atoms with E-state index >= 15 is 0 Å². The van der Waals surface area contributed by atoms with Crippen LogP contribution in [-0.4, -0.2) is 38.6 Å². The number of methoxy groups -OCH3 is 1. The predicted octanol–water partition coefficient (Wildman–Crippen LogP) is 4.91. The van der Waals surface area contributed by atoms with E-state index in [1.54, 1.807) is 13.2 Å². The van der Waals surface area contributed by atoms with Gasteiger partial charge in [-0.3, -0.25) is 10.2 Å². The Balaban J connectivity index is 1.67. The van der Waals surface area contributed by atoms with Crippen molar-refractivity contribution in [2.75, 3.05) is 7.11 Å². The Morgan fingerprint density at radius 3 is 2.65 bits per heavy atom. The number of benzene rings is 1. The number of nitrogens with zero attached hydrogens (tertiary/aromatic N) is 4. The molecule has 0 bridgehead atoms. The molecule has 2 aliphatic heterocycles. The number of hydrazone groups is 1. The van der Waals surface area contributed by atoms with Crippen molar-refractivity contribution < 1.29 is 9.53 Å². The molecule has 2 aliphatic rings. The third kappa shape index (κ3) is 3.95. The lowest BCUT2D eigenvalue weighted by Crippen LogP contribution is -2.35. The van der Waals surface area contributed by atoms with Crippen molar-refractivity contribution >= 4 is 39.8 Å². The van der Waals surface area contributed by atoms with Gasteiger partial charge in [0.25, 0.3) is 5.91 Å². The highest BCUT2D eigenvalue weighted by molar-refractivity contribution is 8.26. The fourth-order valence-corrected chi connectivity index (χ4v) is 4.61. The van der Waals surface area contributed by atoms with Gasteiger partial charge in [-0.1, -0.05) is 13.3 Å². The molecule has 1 N–H and O–H groups in total. The number of aryl methyl sites for hydroxylation is 1. The maximum Gasteiger partial charge on any atom is 0.283 e. The molecule has 160 valence electrons. The van der Waals surface area contributed by atoms with Crippen LogP contribution in [0.5, 0.6) is 5.75 Å². The maximum atomic E-state index is 12.7. The molecule has 1 amide bonds. The van der Waals surface area contributed by atoms with E-state index in [4.69, 9.17) is 10.1 Å². The molecule has 0 saturated heterocycles. The van der Waals surface area contributed by atoms with Crippen LogP contribution in [0, 0.1) is 19.3 Å². The van der Waals surface area contributed by atoms with Gasteiger partial charge >= 0.3 is 0 Å². The smallest absolute Gasteiger partial charge is 0.283 e. The van der Waals surface area contributed by atoms with E-state index in [2.05, 4.69) is 21.6 Å². The lowest BCUT2D eigenvalue weighted by Gasteiger charge is -2.20. The number of thioether (sulfide) groups is 1. The molecule has 4 rings (SSSR count). The molecular formula is C23H25N5O2S. The number of fused-ring (bicyclic) bond motifs is 1. The second kappa shape index (κ2) is 8.55. The first-order chi connectivity index (χ1) is 14.9. The number of amides is 1. The number of hydrogen-bond acceptors (Lipinski definition) is 5. The SMILES string of the molecule is CCCCC1=NN2C(=N)/C(=C/c3cc(C)n(-c4ccc(OC)cc4)c3C)C(=O)N=C2S1. The van der Waals surface area contributed by atoms with E-state index in [1.807, 2.05) is 44.2 Å². The average Bonchev–Trinajstić information content (AvgIpc) is 3.29. The van der Waals surface area contributed by atoms with Crippen LogP contribution in [0.15, 0.2) is 46.0 Å². The molecule has 3 heterocycles. The molecule has 1 aromatic heterocycles. The fourth-order valence-electron chi connectivity index (χ4n) is 3.68. The lowest BCUT2D eigenvalue weighted by molar-refractivity contribution is -0.114. The zero-order chi connectivity index (χ0) is 22.1. The molecule has 0 unspecified atom stereocenters. The van der Waals surface area contributed by atoms with E-state index in [0.29, 0.717) is 5.17 Å². The summed E-state index contributed by atoms with van der Waals surface area (Å²) in [5, 5.41) is 15.9. The molecule has 0 aliphatic carbocycles. The third-order valence-electron chi connectivity index (χ3n) is 5.34. The molecule has 31 heavy (non-hydrogen) atoms. The number of aliphatic imine (C=N–C) groups is 1. The summed E-state index contributed by atoms with van der Waals surface area (Å²) in [6.45, 7) is 6.15. The fraction of sp³-hybridized carbons (Fsp3) is 0.304. The van der Waals surface area contributed by atoms with E-state index in [9.17, 15) is 4.79 Å². The number of amidine groups is 2. The summed E-state index contributed by atoms with van der Waals surface area (Å²) in [7, 11) is 1.64. The number of nitrogens with one attached hydrogen (secondary N) is 1. The Morgan fingerprint density at radius 1 is 1.23 bits per heavy atom. The Bertz CT molecular complexity index is 1140. The number of ether oxygens (including phenoxy) is 1. The largest absolute Gasteiger partial charge is 0.497 e. The summed E-state index contributed by atoms with van der Waals surface area (Å²) in [6, 6.07) is 9.84. The summed E-state index contributed by atoms with van der Waals surface area (Å²) in [5.41, 5.74) is 4.15. The molecule has 1 aromatic carbocycles. The van der Waals surface area contributed by atoms with Gasteiger partial charge in [-0.15, -0.1) is 0 Å². The van der Waals surface area contributed by atoms with Gasteiger partial charge in [-0.05, 0) is 80.4 Å². The standard InChI is InChI=1S/C23H25N5O2S/c1-5-6-7-20-26-28-21(24)19(22(29)25-23(28)31-20)13-16-12-14(2)27(15(16)3)17-8-10-18(30-4)11-9-17/h8-13,24H,5-7H2,1-4H3/b19-13-,24-21?. The maximum absolute atomic E-state index is 12.7. The Morgan fingerprint density at radius 2 is 1.97 bits per heavy atom. The van der Waals surface area contributed by atoms with Gasteiger partial charge in [0.05, 0.1) is 12.7 Å². The lowest BCUT2D eigenvalue weighted by atomic mass is 10.1. The van der Waals surface area contributed by atoms with Gasteiger partial charge < -0.3 is 9.30 Å². The molecule has 0 spiro atoms. The summed E-state index contributed by atoms with van der Waals surface area (Å²) < 4.78 is 7.36. The van der Waals surface area contributed by atoms with Crippen LogP contribution in [0.1, 0.15) is 43.1 Å². The highest BCUT2D eigenvalue weighted by Crippen LogP contribution is 2.31. The molecule has 8 heteroatoms. The average molecular weight is 436 g/mol. The van der Waals surface area contributed by atoms with Crippen LogP contribution < -0.4 is 4.74 Å². The van der Waals surface area contributed by atoms with Gasteiger partial charge in [0, 0.05) is 17.1 Å². The molecule has 7 nitrogen and oxygen atoms in total. The predicted molar refractivity (Wildman–Crippen MR) is 126 cm³/mol. The van der Waals surface area contributed by atoms with Crippen LogP contribution >= 0.6 is 11.8 Å². The Labute approximate surface area is 186 Å². The van der Waals surface area contributed by atoms with Gasteiger partial charge in [0.2, 0.25) is 5.17 Å². The highest BCUT2D eigenvalue weighted by atomic mass is 32.2. The highest BCUT2D eigenvalue weighted by Gasteiger charge is 2.35. The summed E-state index contributed by atoms with van der Waals surface area (Å²) in [5.74, 6) is 0.471. The topological polar surface area (TPSA) is 83.0 Å². The van der Waals surface area contributed by atoms with Crippen LogP contribution in [0.2, 0.25) is 0 Å². The molecule has 0 radical (unpaired) electrons. The van der Waals surface area contributed by atoms with Gasteiger partial charge in [-0.25, -0.2) is 0 Å². The van der Waals surface area contributed by atoms with Crippen molar-refractivity contribution in [2.24, 2.45) is 10.1 Å². The van der Waals surface area contributed by atoms with Crippen molar-refractivity contribution in [1.82, 2.24) is 9.58 Å². The minimum absolute atomic E-state index is 0.0725. The van der Waals surface area contributed by atoms with Crippen molar-refractivity contribution in [1.29, 1.82) is 5.41 Å². The summed E-state index contributed by atoms with van der Waals surface area (Å²) in [4.78, 5) is 16.9. The van der Waals surface area contributed by atoms with Crippen LogP contribution in [0.3, 0.4) is 0 Å². The molecule has 2 aromatic rings. The first-order valence-corrected chi connectivity index (χ1v) is 11.1. The van der Waals surface area contributed by atoms with Crippen molar-refractivity contribution in [3.63, 3.8) is 0 Å². The number of carbonyl (C=O) groups excluding carboxylic acids is 1. The summed E-state index contributed by atoms with van der Waals surface area (Å²) >= 11 is 1.38. The minimum Gasteiger partial charge on any atom is -0.497 e. The van der Waals surface area contributed by atoms with Gasteiger partial charge in [-0.2, -0.15) is 15.1 Å². The first-order valence-electron chi connectivity index (χ1n) is 10.3. The van der Waals surface area contributed by atoms with E-state index in [-0.39, 0.29) is 11.4 Å². The molecule has 0 saturated carbocycles. The van der Waals surface area contributed by atoms with E-state index in [1.165, 1.54) is 16.8 Å². The minimum atomic E-state index is -0.398. The number of unbranched alkanes of at least 4 members (excludes halogenated alkanes) is 1. The molecular weight excluding hydrogens is 410 g/mol. The molecule has 0 atom stereocenters. The van der Waals surface area contributed by atoms with Gasteiger partial charge in [0.15, 0.2) is 5.84 Å². The zero-order valence-electron chi connectivity index (χ0n) is 18.1.